The molecule has 1 rings (SSSR count). The van der Waals surface area contributed by atoms with Crippen LogP contribution in [0.15, 0.2) is 6.20 Å². The van der Waals surface area contributed by atoms with Crippen molar-refractivity contribution < 1.29 is 9.90 Å². The number of aromatic nitrogens is 2. The molecule has 0 aliphatic carbocycles. The quantitative estimate of drug-likeness (QED) is 0.778. The van der Waals surface area contributed by atoms with Crippen LogP contribution in [0.2, 0.25) is 0 Å². The zero-order chi connectivity index (χ0) is 12.8. The highest BCUT2D eigenvalue weighted by Gasteiger charge is 2.13. The Morgan fingerprint density at radius 1 is 1.53 bits per heavy atom. The van der Waals surface area contributed by atoms with E-state index >= 15 is 0 Å². The van der Waals surface area contributed by atoms with Crippen LogP contribution >= 0.6 is 0 Å². The van der Waals surface area contributed by atoms with E-state index in [1.165, 1.54) is 0 Å². The van der Waals surface area contributed by atoms with Crippen molar-refractivity contribution in [1.82, 2.24) is 14.7 Å². The fourth-order valence-corrected chi connectivity index (χ4v) is 1.98. The third-order valence-corrected chi connectivity index (χ3v) is 2.62. The fraction of sp³-hybridized carbons (Fsp3) is 0.667. The van der Waals surface area contributed by atoms with Gasteiger partial charge in [0.15, 0.2) is 0 Å². The minimum Gasteiger partial charge on any atom is -0.480 e. The van der Waals surface area contributed by atoms with E-state index in [1.54, 1.807) is 4.68 Å². The lowest BCUT2D eigenvalue weighted by molar-refractivity contribution is -0.138. The molecule has 0 aromatic carbocycles. The van der Waals surface area contributed by atoms with Gasteiger partial charge < -0.3 is 5.11 Å². The molecule has 0 amide bonds. The lowest BCUT2D eigenvalue weighted by atomic mass is 10.2. The molecule has 0 spiro atoms. The Hall–Kier alpha value is -1.36. The van der Waals surface area contributed by atoms with Gasteiger partial charge in [-0.1, -0.05) is 13.8 Å². The van der Waals surface area contributed by atoms with Crippen LogP contribution in [0, 0.1) is 0 Å². The summed E-state index contributed by atoms with van der Waals surface area (Å²) in [7, 11) is 1.89. The Labute approximate surface area is 102 Å². The van der Waals surface area contributed by atoms with Crippen molar-refractivity contribution in [2.45, 2.75) is 33.2 Å². The Bertz CT molecular complexity index is 374. The van der Waals surface area contributed by atoms with Crippen LogP contribution in [0.4, 0.5) is 0 Å². The fourth-order valence-electron chi connectivity index (χ4n) is 1.98. The Kier molecular flexibility index (Phi) is 5.15. The van der Waals surface area contributed by atoms with Crippen LogP contribution in [-0.4, -0.2) is 38.8 Å². The third kappa shape index (κ3) is 4.19. The molecule has 17 heavy (non-hydrogen) atoms. The molecule has 0 atom stereocenters. The van der Waals surface area contributed by atoms with Gasteiger partial charge in [0.05, 0.1) is 12.2 Å². The average Bonchev–Trinajstić information content (AvgIpc) is 2.58. The number of rotatable bonds is 7. The summed E-state index contributed by atoms with van der Waals surface area (Å²) >= 11 is 0. The number of carboxylic acid groups (broad SMARTS) is 1. The van der Waals surface area contributed by atoms with Crippen molar-refractivity contribution >= 4 is 5.97 Å². The Morgan fingerprint density at radius 3 is 2.76 bits per heavy atom. The molecular weight excluding hydrogens is 218 g/mol. The molecule has 0 fully saturated rings. The zero-order valence-electron chi connectivity index (χ0n) is 10.8. The zero-order valence-corrected chi connectivity index (χ0v) is 10.8. The Morgan fingerprint density at radius 2 is 2.24 bits per heavy atom. The van der Waals surface area contributed by atoms with Crippen molar-refractivity contribution in [3.63, 3.8) is 0 Å². The highest BCUT2D eigenvalue weighted by atomic mass is 16.4. The van der Waals surface area contributed by atoms with E-state index in [0.717, 1.165) is 30.6 Å². The summed E-state index contributed by atoms with van der Waals surface area (Å²) < 4.78 is 1.79. The maximum Gasteiger partial charge on any atom is 0.317 e. The lowest BCUT2D eigenvalue weighted by Gasteiger charge is -2.18. The number of carboxylic acids is 1. The van der Waals surface area contributed by atoms with Crippen LogP contribution in [0.3, 0.4) is 0 Å². The molecule has 0 radical (unpaired) electrons. The standard InChI is InChI=1S/C12H21N3O2/c1-4-6-15(9-12(16)17)8-10-7-14(3)13-11(10)5-2/h7H,4-6,8-9H2,1-3H3,(H,16,17). The number of hydrogen-bond donors (Lipinski definition) is 1. The van der Waals surface area contributed by atoms with E-state index in [4.69, 9.17) is 5.11 Å². The van der Waals surface area contributed by atoms with Gasteiger partial charge in [-0.25, -0.2) is 0 Å². The summed E-state index contributed by atoms with van der Waals surface area (Å²) in [6.07, 6.45) is 3.81. The molecule has 1 aromatic rings. The first-order chi connectivity index (χ1) is 8.06. The first kappa shape index (κ1) is 13.7. The molecule has 0 unspecified atom stereocenters. The maximum absolute atomic E-state index is 10.8. The van der Waals surface area contributed by atoms with Gasteiger partial charge in [-0.05, 0) is 19.4 Å². The second-order valence-electron chi connectivity index (χ2n) is 4.23. The maximum atomic E-state index is 10.8. The largest absolute Gasteiger partial charge is 0.480 e. The molecule has 1 N–H and O–H groups in total. The van der Waals surface area contributed by atoms with Crippen molar-refractivity contribution in [1.29, 1.82) is 0 Å². The number of nitrogens with zero attached hydrogens (tertiary/aromatic N) is 3. The number of carbonyl (C=O) groups is 1. The second-order valence-corrected chi connectivity index (χ2v) is 4.23. The molecule has 5 heteroatoms. The smallest absolute Gasteiger partial charge is 0.317 e. The van der Waals surface area contributed by atoms with Crippen LogP contribution in [-0.2, 0) is 24.8 Å². The monoisotopic (exact) mass is 239 g/mol. The van der Waals surface area contributed by atoms with Gasteiger partial charge in [0.25, 0.3) is 0 Å². The molecule has 0 saturated carbocycles. The minimum absolute atomic E-state index is 0.0892. The van der Waals surface area contributed by atoms with Crippen LogP contribution in [0.5, 0.6) is 0 Å². The SMILES string of the molecule is CCCN(CC(=O)O)Cc1cn(C)nc1CC. The van der Waals surface area contributed by atoms with Crippen LogP contribution in [0.1, 0.15) is 31.5 Å². The van der Waals surface area contributed by atoms with Crippen molar-refractivity contribution in [2.75, 3.05) is 13.1 Å². The summed E-state index contributed by atoms with van der Waals surface area (Å²) in [5.41, 5.74) is 2.18. The molecule has 5 nitrogen and oxygen atoms in total. The summed E-state index contributed by atoms with van der Waals surface area (Å²) in [6, 6.07) is 0. The molecule has 0 aliphatic rings. The lowest BCUT2D eigenvalue weighted by Crippen LogP contribution is -2.30. The molecule has 0 aliphatic heterocycles. The van der Waals surface area contributed by atoms with Gasteiger partial charge in [-0.15, -0.1) is 0 Å². The van der Waals surface area contributed by atoms with E-state index in [1.807, 2.05) is 18.1 Å². The van der Waals surface area contributed by atoms with E-state index in [2.05, 4.69) is 18.9 Å². The average molecular weight is 239 g/mol. The Balaban J connectivity index is 2.73. The van der Waals surface area contributed by atoms with Gasteiger partial charge in [-0.3, -0.25) is 14.4 Å². The summed E-state index contributed by atoms with van der Waals surface area (Å²) in [4.78, 5) is 12.7. The molecule has 1 heterocycles. The van der Waals surface area contributed by atoms with Gasteiger partial charge in [0, 0.05) is 25.4 Å². The molecule has 0 bridgehead atoms. The van der Waals surface area contributed by atoms with Gasteiger partial charge >= 0.3 is 5.97 Å². The first-order valence-electron chi connectivity index (χ1n) is 6.02. The predicted octanol–water partition coefficient (Wildman–Crippen LogP) is 1.28. The number of aliphatic carboxylic acids is 1. The van der Waals surface area contributed by atoms with E-state index in [-0.39, 0.29) is 6.54 Å². The van der Waals surface area contributed by atoms with Gasteiger partial charge in [0.2, 0.25) is 0 Å². The first-order valence-corrected chi connectivity index (χ1v) is 6.02. The predicted molar refractivity (Wildman–Crippen MR) is 65.8 cm³/mol. The van der Waals surface area contributed by atoms with Crippen molar-refractivity contribution in [3.05, 3.63) is 17.5 Å². The summed E-state index contributed by atoms with van der Waals surface area (Å²) in [6.45, 7) is 5.67. The highest BCUT2D eigenvalue weighted by molar-refractivity contribution is 5.69. The van der Waals surface area contributed by atoms with Crippen molar-refractivity contribution in [2.24, 2.45) is 7.05 Å². The molecule has 1 aromatic heterocycles. The minimum atomic E-state index is -0.777. The molecule has 0 saturated heterocycles. The van der Waals surface area contributed by atoms with Gasteiger partial charge in [0.1, 0.15) is 0 Å². The normalized spacial score (nSPS) is 11.1. The summed E-state index contributed by atoms with van der Waals surface area (Å²) in [5, 5.41) is 13.2. The van der Waals surface area contributed by atoms with E-state index < -0.39 is 5.97 Å². The molecular formula is C12H21N3O2. The van der Waals surface area contributed by atoms with Gasteiger partial charge in [-0.2, -0.15) is 5.10 Å². The molecule has 96 valence electrons. The number of hydrogen-bond acceptors (Lipinski definition) is 3. The van der Waals surface area contributed by atoms with Crippen molar-refractivity contribution in [3.8, 4) is 0 Å². The highest BCUT2D eigenvalue weighted by Crippen LogP contribution is 2.11. The van der Waals surface area contributed by atoms with Crippen LogP contribution in [0.25, 0.3) is 0 Å². The van der Waals surface area contributed by atoms with Crippen LogP contribution < -0.4 is 0 Å². The third-order valence-electron chi connectivity index (χ3n) is 2.62. The number of aryl methyl sites for hydroxylation is 2. The second kappa shape index (κ2) is 6.39. The van der Waals surface area contributed by atoms with E-state index in [0.29, 0.717) is 6.54 Å². The van der Waals surface area contributed by atoms with E-state index in [9.17, 15) is 4.79 Å². The summed E-state index contributed by atoms with van der Waals surface area (Å²) in [5.74, 6) is -0.777. The topological polar surface area (TPSA) is 58.4 Å².